The molecule has 0 saturated carbocycles. The van der Waals surface area contributed by atoms with E-state index in [1.54, 1.807) is 23.1 Å². The fraction of sp³-hybridized carbons (Fsp3) is 0.500. The highest BCUT2D eigenvalue weighted by Crippen LogP contribution is 2.34. The number of carbonyl (C=O) groups excluding carboxylic acids is 2. The van der Waals surface area contributed by atoms with Gasteiger partial charge < -0.3 is 14.4 Å². The van der Waals surface area contributed by atoms with Crippen LogP contribution in [0.1, 0.15) is 13.8 Å². The van der Waals surface area contributed by atoms with Crippen molar-refractivity contribution in [1.29, 1.82) is 0 Å². The van der Waals surface area contributed by atoms with Crippen molar-refractivity contribution in [3.63, 3.8) is 0 Å². The lowest BCUT2D eigenvalue weighted by atomic mass is 10.2. The molecule has 0 radical (unpaired) electrons. The molecule has 0 spiro atoms. The summed E-state index contributed by atoms with van der Waals surface area (Å²) in [4.78, 5) is 28.0. The number of nitrogens with zero attached hydrogens (tertiary/aromatic N) is 2. The fourth-order valence-electron chi connectivity index (χ4n) is 2.97. The Kier molecular flexibility index (Phi) is 4.46. The van der Waals surface area contributed by atoms with E-state index < -0.39 is 0 Å². The molecule has 1 fully saturated rings. The van der Waals surface area contributed by atoms with E-state index in [0.717, 1.165) is 0 Å². The van der Waals surface area contributed by atoms with Crippen LogP contribution in [0.3, 0.4) is 0 Å². The minimum Gasteiger partial charge on any atom is -0.482 e. The molecular weight excluding hydrogens is 320 g/mol. The SMILES string of the molecule is CC1CN(C(=O)CN2C(=O)COc3ccc(Cl)cc32)CC(C)O1. The number of anilines is 1. The second-order valence-electron chi connectivity index (χ2n) is 5.94. The molecule has 2 aliphatic rings. The minimum atomic E-state index is -0.248. The van der Waals surface area contributed by atoms with E-state index in [1.165, 1.54) is 4.90 Å². The van der Waals surface area contributed by atoms with Gasteiger partial charge in [-0.05, 0) is 32.0 Å². The van der Waals surface area contributed by atoms with E-state index in [0.29, 0.717) is 29.5 Å². The van der Waals surface area contributed by atoms with Gasteiger partial charge in [0.25, 0.3) is 5.91 Å². The normalized spacial score (nSPS) is 24.2. The van der Waals surface area contributed by atoms with E-state index in [1.807, 2.05) is 13.8 Å². The Morgan fingerprint density at radius 1 is 1.30 bits per heavy atom. The van der Waals surface area contributed by atoms with E-state index in [-0.39, 0.29) is 37.2 Å². The van der Waals surface area contributed by atoms with Crippen molar-refractivity contribution in [3.8, 4) is 5.75 Å². The molecule has 1 aromatic rings. The van der Waals surface area contributed by atoms with Crippen LogP contribution in [0.15, 0.2) is 18.2 Å². The standard InChI is InChI=1S/C16H19ClN2O4/c1-10-6-18(7-11(2)23-10)15(20)8-19-13-5-12(17)3-4-14(13)22-9-16(19)21/h3-5,10-11H,6-9H2,1-2H3. The summed E-state index contributed by atoms with van der Waals surface area (Å²) in [6.07, 6.45) is -0.0188. The molecule has 0 aliphatic carbocycles. The maximum Gasteiger partial charge on any atom is 0.265 e. The molecule has 2 heterocycles. The Morgan fingerprint density at radius 3 is 2.70 bits per heavy atom. The van der Waals surface area contributed by atoms with E-state index >= 15 is 0 Å². The Balaban J connectivity index is 1.78. The molecule has 2 amide bonds. The van der Waals surface area contributed by atoms with Gasteiger partial charge in [-0.15, -0.1) is 0 Å². The van der Waals surface area contributed by atoms with Crippen molar-refractivity contribution in [2.24, 2.45) is 0 Å². The van der Waals surface area contributed by atoms with Gasteiger partial charge in [0, 0.05) is 18.1 Å². The fourth-order valence-corrected chi connectivity index (χ4v) is 3.13. The summed E-state index contributed by atoms with van der Waals surface area (Å²) in [5, 5.41) is 0.494. The quantitative estimate of drug-likeness (QED) is 0.823. The third-order valence-corrected chi connectivity index (χ3v) is 4.16. The molecular formula is C16H19ClN2O4. The maximum atomic E-state index is 12.6. The van der Waals surface area contributed by atoms with Crippen molar-refractivity contribution in [2.75, 3.05) is 31.1 Å². The number of hydrogen-bond donors (Lipinski definition) is 0. The van der Waals surface area contributed by atoms with E-state index in [9.17, 15) is 9.59 Å². The van der Waals surface area contributed by atoms with Gasteiger partial charge in [0.05, 0.1) is 17.9 Å². The van der Waals surface area contributed by atoms with Gasteiger partial charge in [-0.25, -0.2) is 0 Å². The average molecular weight is 339 g/mol. The molecule has 7 heteroatoms. The van der Waals surface area contributed by atoms with Crippen LogP contribution >= 0.6 is 11.6 Å². The third kappa shape index (κ3) is 3.43. The Bertz CT molecular complexity index is 627. The molecule has 2 aliphatic heterocycles. The first-order valence-corrected chi connectivity index (χ1v) is 7.98. The van der Waals surface area contributed by atoms with E-state index in [4.69, 9.17) is 21.1 Å². The van der Waals surface area contributed by atoms with Crippen LogP contribution in [0.5, 0.6) is 5.75 Å². The van der Waals surface area contributed by atoms with Crippen LogP contribution in [0, 0.1) is 0 Å². The van der Waals surface area contributed by atoms with Crippen molar-refractivity contribution >= 4 is 29.1 Å². The summed E-state index contributed by atoms with van der Waals surface area (Å²) in [5.74, 6) is 0.209. The zero-order chi connectivity index (χ0) is 16.6. The predicted molar refractivity (Wildman–Crippen MR) is 85.9 cm³/mol. The van der Waals surface area contributed by atoms with Crippen LogP contribution in [0.4, 0.5) is 5.69 Å². The largest absolute Gasteiger partial charge is 0.482 e. The first kappa shape index (κ1) is 16.1. The van der Waals surface area contributed by atoms with Crippen LogP contribution in [-0.4, -0.2) is 55.2 Å². The van der Waals surface area contributed by atoms with Gasteiger partial charge in [0.1, 0.15) is 12.3 Å². The Labute approximate surface area is 139 Å². The molecule has 124 valence electrons. The summed E-state index contributed by atoms with van der Waals surface area (Å²) >= 11 is 6.01. The molecule has 1 saturated heterocycles. The summed E-state index contributed by atoms with van der Waals surface area (Å²) < 4.78 is 11.0. The Hall–Kier alpha value is -1.79. The number of rotatable bonds is 2. The molecule has 23 heavy (non-hydrogen) atoms. The number of halogens is 1. The number of ether oxygens (including phenoxy) is 2. The highest BCUT2D eigenvalue weighted by Gasteiger charge is 2.31. The summed E-state index contributed by atoms with van der Waals surface area (Å²) in [6, 6.07) is 5.05. The van der Waals surface area contributed by atoms with E-state index in [2.05, 4.69) is 0 Å². The number of carbonyl (C=O) groups is 2. The van der Waals surface area contributed by atoms with Crippen molar-refractivity contribution in [2.45, 2.75) is 26.1 Å². The lowest BCUT2D eigenvalue weighted by Crippen LogP contribution is -2.52. The second kappa shape index (κ2) is 6.37. The summed E-state index contributed by atoms with van der Waals surface area (Å²) in [5.41, 5.74) is 0.538. The van der Waals surface area contributed by atoms with Crippen molar-refractivity contribution in [3.05, 3.63) is 23.2 Å². The highest BCUT2D eigenvalue weighted by molar-refractivity contribution is 6.31. The number of fused-ring (bicyclic) bond motifs is 1. The van der Waals surface area contributed by atoms with Crippen LogP contribution in [-0.2, 0) is 14.3 Å². The maximum absolute atomic E-state index is 12.6. The zero-order valence-electron chi connectivity index (χ0n) is 13.1. The topological polar surface area (TPSA) is 59.1 Å². The lowest BCUT2D eigenvalue weighted by Gasteiger charge is -2.37. The van der Waals surface area contributed by atoms with Gasteiger partial charge in [0.2, 0.25) is 5.91 Å². The highest BCUT2D eigenvalue weighted by atomic mass is 35.5. The van der Waals surface area contributed by atoms with Crippen molar-refractivity contribution in [1.82, 2.24) is 4.90 Å². The van der Waals surface area contributed by atoms with Gasteiger partial charge in [-0.1, -0.05) is 11.6 Å². The Morgan fingerprint density at radius 2 is 2.00 bits per heavy atom. The lowest BCUT2D eigenvalue weighted by molar-refractivity contribution is -0.142. The zero-order valence-corrected chi connectivity index (χ0v) is 13.9. The monoisotopic (exact) mass is 338 g/mol. The molecule has 6 nitrogen and oxygen atoms in total. The van der Waals surface area contributed by atoms with Gasteiger partial charge in [-0.3, -0.25) is 14.5 Å². The number of benzene rings is 1. The molecule has 2 unspecified atom stereocenters. The first-order valence-electron chi connectivity index (χ1n) is 7.60. The summed E-state index contributed by atoms with van der Waals surface area (Å²) in [6.45, 7) is 4.84. The molecule has 1 aromatic carbocycles. The van der Waals surface area contributed by atoms with Gasteiger partial charge in [-0.2, -0.15) is 0 Å². The number of hydrogen-bond acceptors (Lipinski definition) is 4. The minimum absolute atomic E-state index is 0.00942. The average Bonchev–Trinajstić information content (AvgIpc) is 2.49. The predicted octanol–water partition coefficient (Wildman–Crippen LogP) is 1.70. The molecule has 0 bridgehead atoms. The smallest absolute Gasteiger partial charge is 0.265 e. The second-order valence-corrected chi connectivity index (χ2v) is 6.37. The molecule has 0 aromatic heterocycles. The van der Waals surface area contributed by atoms with Gasteiger partial charge in [0.15, 0.2) is 6.61 Å². The molecule has 3 rings (SSSR count). The van der Waals surface area contributed by atoms with Crippen LogP contribution < -0.4 is 9.64 Å². The van der Waals surface area contributed by atoms with Crippen LogP contribution in [0.25, 0.3) is 0 Å². The summed E-state index contributed by atoms with van der Waals surface area (Å²) in [7, 11) is 0. The molecule has 0 N–H and O–H groups in total. The number of amides is 2. The number of morpholine rings is 1. The van der Waals surface area contributed by atoms with Gasteiger partial charge >= 0.3 is 0 Å². The van der Waals surface area contributed by atoms with Crippen molar-refractivity contribution < 1.29 is 19.1 Å². The third-order valence-electron chi connectivity index (χ3n) is 3.93. The first-order chi connectivity index (χ1) is 10.9. The van der Waals surface area contributed by atoms with Crippen LogP contribution in [0.2, 0.25) is 5.02 Å². The molecule has 2 atom stereocenters.